The molecule has 0 aromatic carbocycles. The van der Waals surface area contributed by atoms with Crippen molar-refractivity contribution in [1.82, 2.24) is 0 Å². The normalized spacial score (nSPS) is 15.3. The van der Waals surface area contributed by atoms with Gasteiger partial charge >= 0.3 is 8.56 Å². The third-order valence-electron chi connectivity index (χ3n) is 2.15. The average Bonchev–Trinajstić information content (AvgIpc) is 1.90. The Morgan fingerprint density at radius 2 is 1.05 bits per heavy atom. The van der Waals surface area contributed by atoms with E-state index in [0.717, 1.165) is 6.04 Å². The number of rotatable bonds is 7. The Bertz CT molecular complexity index is 292. The van der Waals surface area contributed by atoms with E-state index in [4.69, 9.17) is 8.23 Å². The third kappa shape index (κ3) is 12.0. The molecule has 0 amide bonds. The highest BCUT2D eigenvalue weighted by molar-refractivity contribution is 6.88. The van der Waals surface area contributed by atoms with Gasteiger partial charge in [-0.25, -0.2) is 0 Å². The maximum Gasteiger partial charge on any atom is 0.318 e. The van der Waals surface area contributed by atoms with Gasteiger partial charge in [0, 0.05) is 6.04 Å². The van der Waals surface area contributed by atoms with Gasteiger partial charge in [0.15, 0.2) is 16.6 Å². The van der Waals surface area contributed by atoms with Crippen LogP contribution in [0.15, 0.2) is 11.8 Å². The van der Waals surface area contributed by atoms with Crippen molar-refractivity contribution in [3.63, 3.8) is 0 Å². The first-order chi connectivity index (χ1) is 8.12. The van der Waals surface area contributed by atoms with Gasteiger partial charge in [-0.2, -0.15) is 0 Å². The van der Waals surface area contributed by atoms with E-state index in [1.165, 1.54) is 0 Å². The minimum absolute atomic E-state index is 0.992. The monoisotopic (exact) mass is 334 g/mol. The van der Waals surface area contributed by atoms with Crippen molar-refractivity contribution in [3.8, 4) is 0 Å². The topological polar surface area (TPSA) is 18.5 Å². The summed E-state index contributed by atoms with van der Waals surface area (Å²) in [5.41, 5.74) is 2.42. The van der Waals surface area contributed by atoms with Gasteiger partial charge in [0.1, 0.15) is 0 Å². The second-order valence-corrected chi connectivity index (χ2v) is 26.4. The first kappa shape index (κ1) is 19.5. The summed E-state index contributed by atoms with van der Waals surface area (Å²) >= 11 is 0. The van der Waals surface area contributed by atoms with E-state index in [-0.39, 0.29) is 0 Å². The molecule has 114 valence electrons. The molecule has 0 radical (unpaired) electrons. The summed E-state index contributed by atoms with van der Waals surface area (Å²) in [5.74, 6) is 0. The molecule has 0 aliphatic heterocycles. The van der Waals surface area contributed by atoms with E-state index >= 15 is 0 Å². The summed E-state index contributed by atoms with van der Waals surface area (Å²) in [5, 5.41) is 0. The standard InChI is InChI=1S/C13H34O2Si4/c1-16(2,3)12-11-13-19(10,14-17(4,5)6)15-18(7,8)9/h11-12H,13H2,1-10H3/b12-11+. The highest BCUT2D eigenvalue weighted by Crippen LogP contribution is 2.24. The fraction of sp³-hybridized carbons (Fsp3) is 0.846. The molecule has 0 N–H and O–H groups in total. The molecule has 0 aliphatic carbocycles. The molecule has 6 heteroatoms. The predicted molar refractivity (Wildman–Crippen MR) is 97.8 cm³/mol. The summed E-state index contributed by atoms with van der Waals surface area (Å²) in [7, 11) is -6.29. The molecule has 0 aromatic rings. The highest BCUT2D eigenvalue weighted by atomic mass is 28.5. The lowest BCUT2D eigenvalue weighted by atomic mass is 10.8. The molecule has 0 fully saturated rings. The molecule has 19 heavy (non-hydrogen) atoms. The molecule has 2 nitrogen and oxygen atoms in total. The van der Waals surface area contributed by atoms with E-state index in [1.807, 2.05) is 0 Å². The molecule has 0 bridgehead atoms. The molecule has 0 aromatic heterocycles. The lowest BCUT2D eigenvalue weighted by Crippen LogP contribution is -2.52. The van der Waals surface area contributed by atoms with Gasteiger partial charge in [0.2, 0.25) is 0 Å². The molecule has 0 spiro atoms. The van der Waals surface area contributed by atoms with Gasteiger partial charge in [-0.1, -0.05) is 31.4 Å². The van der Waals surface area contributed by atoms with Crippen LogP contribution in [-0.4, -0.2) is 33.3 Å². The van der Waals surface area contributed by atoms with Gasteiger partial charge in [0.05, 0.1) is 8.07 Å². The predicted octanol–water partition coefficient (Wildman–Crippen LogP) is 5.20. The lowest BCUT2D eigenvalue weighted by molar-refractivity contribution is 0.389. The second-order valence-electron chi connectivity index (χ2n) is 8.54. The maximum absolute atomic E-state index is 6.47. The molecular formula is C13H34O2Si4. The minimum Gasteiger partial charge on any atom is -0.436 e. The quantitative estimate of drug-likeness (QED) is 0.596. The summed E-state index contributed by atoms with van der Waals surface area (Å²) in [6.45, 7) is 22.9. The third-order valence-corrected chi connectivity index (χ3v) is 12.7. The Kier molecular flexibility index (Phi) is 6.71. The zero-order valence-corrected chi connectivity index (χ0v) is 18.7. The lowest BCUT2D eigenvalue weighted by Gasteiger charge is -2.38. The Morgan fingerprint density at radius 1 is 0.684 bits per heavy atom. The van der Waals surface area contributed by atoms with Crippen LogP contribution in [0.5, 0.6) is 0 Å². The Morgan fingerprint density at radius 3 is 1.32 bits per heavy atom. The van der Waals surface area contributed by atoms with Crippen LogP contribution in [0, 0.1) is 0 Å². The molecule has 0 saturated heterocycles. The summed E-state index contributed by atoms with van der Waals surface area (Å²) in [6, 6.07) is 0.992. The molecular weight excluding hydrogens is 300 g/mol. The van der Waals surface area contributed by atoms with Crippen molar-refractivity contribution in [3.05, 3.63) is 11.8 Å². The molecule has 0 aliphatic rings. The Labute approximate surface area is 125 Å². The highest BCUT2D eigenvalue weighted by Gasteiger charge is 2.39. The van der Waals surface area contributed by atoms with Gasteiger partial charge in [0.25, 0.3) is 0 Å². The van der Waals surface area contributed by atoms with E-state index in [0.29, 0.717) is 0 Å². The van der Waals surface area contributed by atoms with Crippen LogP contribution in [0.2, 0.25) is 71.5 Å². The smallest absolute Gasteiger partial charge is 0.318 e. The molecule has 0 saturated carbocycles. The molecule has 0 atom stereocenters. The van der Waals surface area contributed by atoms with Crippen LogP contribution >= 0.6 is 0 Å². The summed E-state index contributed by atoms with van der Waals surface area (Å²) in [4.78, 5) is 0. The van der Waals surface area contributed by atoms with Crippen molar-refractivity contribution in [2.45, 2.75) is 71.5 Å². The van der Waals surface area contributed by atoms with Crippen LogP contribution in [0.1, 0.15) is 0 Å². The zero-order chi connectivity index (χ0) is 15.5. The van der Waals surface area contributed by atoms with E-state index in [9.17, 15) is 0 Å². The van der Waals surface area contributed by atoms with Crippen LogP contribution in [0.4, 0.5) is 0 Å². The van der Waals surface area contributed by atoms with E-state index in [1.54, 1.807) is 0 Å². The summed E-state index contributed by atoms with van der Waals surface area (Å²) < 4.78 is 12.9. The summed E-state index contributed by atoms with van der Waals surface area (Å²) in [6.07, 6.45) is 2.33. The molecule has 0 heterocycles. The van der Waals surface area contributed by atoms with Crippen LogP contribution < -0.4 is 0 Å². The van der Waals surface area contributed by atoms with Gasteiger partial charge in [-0.05, 0) is 45.8 Å². The van der Waals surface area contributed by atoms with E-state index < -0.39 is 33.3 Å². The first-order valence-corrected chi connectivity index (χ1v) is 20.1. The Balaban J connectivity index is 4.92. The fourth-order valence-electron chi connectivity index (χ4n) is 2.03. The van der Waals surface area contributed by atoms with Crippen molar-refractivity contribution in [1.29, 1.82) is 0 Å². The van der Waals surface area contributed by atoms with Crippen molar-refractivity contribution < 1.29 is 8.23 Å². The van der Waals surface area contributed by atoms with Gasteiger partial charge in [-0.15, -0.1) is 0 Å². The van der Waals surface area contributed by atoms with Gasteiger partial charge < -0.3 is 8.23 Å². The van der Waals surface area contributed by atoms with Crippen LogP contribution in [-0.2, 0) is 8.23 Å². The number of hydrogen-bond donors (Lipinski definition) is 0. The van der Waals surface area contributed by atoms with Crippen molar-refractivity contribution >= 4 is 33.3 Å². The maximum atomic E-state index is 6.47. The van der Waals surface area contributed by atoms with Crippen LogP contribution in [0.25, 0.3) is 0 Å². The van der Waals surface area contributed by atoms with Crippen LogP contribution in [0.3, 0.4) is 0 Å². The molecule has 0 unspecified atom stereocenters. The minimum atomic E-state index is -2.06. The van der Waals surface area contributed by atoms with Crippen molar-refractivity contribution in [2.75, 3.05) is 0 Å². The molecule has 0 rings (SSSR count). The average molecular weight is 335 g/mol. The van der Waals surface area contributed by atoms with E-state index in [2.05, 4.69) is 77.2 Å². The first-order valence-electron chi connectivity index (χ1n) is 7.20. The fourth-order valence-corrected chi connectivity index (χ4v) is 15.2. The number of hydrogen-bond acceptors (Lipinski definition) is 2. The SMILES string of the molecule is C[Si](C)(C)/C=C/C[Si](C)(O[Si](C)(C)C)O[Si](C)(C)C. The zero-order valence-electron chi connectivity index (χ0n) is 14.7. The number of allylic oxidation sites excluding steroid dienone is 1. The second kappa shape index (κ2) is 6.53. The largest absolute Gasteiger partial charge is 0.436 e. The Hall–Kier alpha value is 0.528. The van der Waals surface area contributed by atoms with Crippen molar-refractivity contribution in [2.24, 2.45) is 0 Å². The van der Waals surface area contributed by atoms with Gasteiger partial charge in [-0.3, -0.25) is 0 Å².